The standard InChI is InChI=1S/C23H36N8O2/c1-14-7-8-15(19(24)32)9-18(14)27-21-28-20(26-16-10-17(12-33-6)25-11-16)29-22(30-21)31(5)13-23(2,3)4/h7-9,16-17,25H,10-13H2,1-6H3,(H2,24,32)(H2,26,27,28,29,30)/t16-,17+/m1/s1. The van der Waals surface area contributed by atoms with Crippen LogP contribution in [0.1, 0.15) is 43.1 Å². The van der Waals surface area contributed by atoms with Gasteiger partial charge in [0.1, 0.15) is 0 Å². The molecule has 0 unspecified atom stereocenters. The number of aryl methyl sites for hydroxylation is 1. The number of nitrogens with zero attached hydrogens (tertiary/aromatic N) is 4. The Kier molecular flexibility index (Phi) is 7.70. The van der Waals surface area contributed by atoms with Crippen molar-refractivity contribution in [2.24, 2.45) is 11.1 Å². The number of rotatable bonds is 9. The highest BCUT2D eigenvalue weighted by atomic mass is 16.5. The van der Waals surface area contributed by atoms with Crippen molar-refractivity contribution in [2.75, 3.05) is 49.4 Å². The first-order chi connectivity index (χ1) is 15.5. The van der Waals surface area contributed by atoms with E-state index in [1.54, 1.807) is 19.2 Å². The molecule has 2 aromatic rings. The fourth-order valence-corrected chi connectivity index (χ4v) is 3.91. The van der Waals surface area contributed by atoms with E-state index >= 15 is 0 Å². The van der Waals surface area contributed by atoms with E-state index in [1.807, 2.05) is 24.9 Å². The van der Waals surface area contributed by atoms with Gasteiger partial charge >= 0.3 is 0 Å². The Hall–Kier alpha value is -2.98. The molecule has 0 aliphatic carbocycles. The van der Waals surface area contributed by atoms with Gasteiger partial charge in [-0.3, -0.25) is 4.79 Å². The molecule has 2 heterocycles. The zero-order chi connectivity index (χ0) is 24.2. The van der Waals surface area contributed by atoms with Gasteiger partial charge in [-0.1, -0.05) is 26.8 Å². The molecule has 0 bridgehead atoms. The number of nitrogens with two attached hydrogens (primary N) is 1. The summed E-state index contributed by atoms with van der Waals surface area (Å²) in [5.41, 5.74) is 7.61. The van der Waals surface area contributed by atoms with Gasteiger partial charge in [-0.25, -0.2) is 0 Å². The predicted octanol–water partition coefficient (Wildman–Crippen LogP) is 2.29. The number of hydrogen-bond donors (Lipinski definition) is 4. The van der Waals surface area contributed by atoms with E-state index in [0.717, 1.165) is 30.8 Å². The Balaban J connectivity index is 1.89. The van der Waals surface area contributed by atoms with Gasteiger partial charge in [-0.05, 0) is 36.5 Å². The third kappa shape index (κ3) is 7.00. The zero-order valence-electron chi connectivity index (χ0n) is 20.4. The van der Waals surface area contributed by atoms with Gasteiger partial charge in [0.15, 0.2) is 0 Å². The number of benzene rings is 1. The maximum atomic E-state index is 11.6. The normalized spacial score (nSPS) is 18.2. The molecule has 1 aromatic carbocycles. The van der Waals surface area contributed by atoms with Crippen LogP contribution in [0.4, 0.5) is 23.5 Å². The topological polar surface area (TPSA) is 130 Å². The summed E-state index contributed by atoms with van der Waals surface area (Å²) in [6.07, 6.45) is 0.912. The van der Waals surface area contributed by atoms with E-state index in [0.29, 0.717) is 36.1 Å². The molecular formula is C23H36N8O2. The van der Waals surface area contributed by atoms with Crippen molar-refractivity contribution in [1.29, 1.82) is 0 Å². The van der Waals surface area contributed by atoms with Gasteiger partial charge in [-0.15, -0.1) is 0 Å². The third-order valence-corrected chi connectivity index (χ3v) is 5.37. The number of amides is 1. The highest BCUT2D eigenvalue weighted by Crippen LogP contribution is 2.24. The molecule has 1 fully saturated rings. The summed E-state index contributed by atoms with van der Waals surface area (Å²) >= 11 is 0. The van der Waals surface area contributed by atoms with Crippen LogP contribution in [0.15, 0.2) is 18.2 Å². The number of ether oxygens (including phenoxy) is 1. The van der Waals surface area contributed by atoms with Crippen LogP contribution >= 0.6 is 0 Å². The van der Waals surface area contributed by atoms with Gasteiger partial charge in [-0.2, -0.15) is 15.0 Å². The first kappa shape index (κ1) is 24.7. The number of hydrogen-bond acceptors (Lipinski definition) is 9. The van der Waals surface area contributed by atoms with Crippen molar-refractivity contribution < 1.29 is 9.53 Å². The second-order valence-corrected chi connectivity index (χ2v) is 9.86. The molecule has 180 valence electrons. The maximum Gasteiger partial charge on any atom is 0.248 e. The van der Waals surface area contributed by atoms with E-state index in [9.17, 15) is 4.79 Å². The number of methoxy groups -OCH3 is 1. The minimum absolute atomic E-state index is 0.0672. The lowest BCUT2D eigenvalue weighted by Gasteiger charge is -2.27. The molecule has 1 aromatic heterocycles. The maximum absolute atomic E-state index is 11.6. The molecule has 0 spiro atoms. The van der Waals surface area contributed by atoms with Crippen molar-refractivity contribution >= 4 is 29.4 Å². The summed E-state index contributed by atoms with van der Waals surface area (Å²) in [7, 11) is 3.68. The van der Waals surface area contributed by atoms with Crippen LogP contribution in [-0.2, 0) is 4.74 Å². The fourth-order valence-electron chi connectivity index (χ4n) is 3.91. The Bertz CT molecular complexity index is 975. The van der Waals surface area contributed by atoms with Crippen molar-refractivity contribution in [3.63, 3.8) is 0 Å². The van der Waals surface area contributed by atoms with Gasteiger partial charge in [0.2, 0.25) is 23.8 Å². The van der Waals surface area contributed by atoms with E-state index in [-0.39, 0.29) is 11.5 Å². The third-order valence-electron chi connectivity index (χ3n) is 5.37. The van der Waals surface area contributed by atoms with Crippen LogP contribution in [0.2, 0.25) is 0 Å². The molecule has 1 aliphatic rings. The predicted molar refractivity (Wildman–Crippen MR) is 131 cm³/mol. The number of carbonyl (C=O) groups excluding carboxylic acids is 1. The molecule has 2 atom stereocenters. The molecule has 3 rings (SSSR count). The number of anilines is 4. The Morgan fingerprint density at radius 2 is 2.00 bits per heavy atom. The number of primary amides is 1. The molecule has 10 heteroatoms. The van der Waals surface area contributed by atoms with E-state index in [2.05, 4.69) is 51.7 Å². The van der Waals surface area contributed by atoms with Gasteiger partial charge in [0.25, 0.3) is 0 Å². The van der Waals surface area contributed by atoms with Crippen LogP contribution in [0, 0.1) is 12.3 Å². The van der Waals surface area contributed by atoms with Crippen molar-refractivity contribution in [1.82, 2.24) is 20.3 Å². The molecule has 0 saturated carbocycles. The summed E-state index contributed by atoms with van der Waals surface area (Å²) in [4.78, 5) is 27.6. The first-order valence-corrected chi connectivity index (χ1v) is 11.2. The zero-order valence-corrected chi connectivity index (χ0v) is 20.4. The van der Waals surface area contributed by atoms with Crippen LogP contribution in [0.3, 0.4) is 0 Å². The average molecular weight is 457 g/mol. The average Bonchev–Trinajstić information content (AvgIpc) is 3.15. The Morgan fingerprint density at radius 3 is 2.67 bits per heavy atom. The van der Waals surface area contributed by atoms with Crippen LogP contribution in [0.5, 0.6) is 0 Å². The first-order valence-electron chi connectivity index (χ1n) is 11.2. The molecule has 1 saturated heterocycles. The van der Waals surface area contributed by atoms with Crippen LogP contribution in [-0.4, -0.2) is 66.8 Å². The highest BCUT2D eigenvalue weighted by molar-refractivity contribution is 5.94. The molecule has 5 N–H and O–H groups in total. The van der Waals surface area contributed by atoms with Crippen LogP contribution < -0.4 is 26.6 Å². The van der Waals surface area contributed by atoms with E-state index < -0.39 is 5.91 Å². The monoisotopic (exact) mass is 456 g/mol. The Morgan fingerprint density at radius 1 is 1.27 bits per heavy atom. The minimum Gasteiger partial charge on any atom is -0.383 e. The summed E-state index contributed by atoms with van der Waals surface area (Å²) in [6.45, 7) is 10.7. The van der Waals surface area contributed by atoms with Crippen molar-refractivity contribution in [2.45, 2.75) is 46.2 Å². The van der Waals surface area contributed by atoms with E-state index in [1.165, 1.54) is 0 Å². The van der Waals surface area contributed by atoms with Gasteiger partial charge < -0.3 is 31.3 Å². The van der Waals surface area contributed by atoms with Crippen LogP contribution in [0.25, 0.3) is 0 Å². The summed E-state index contributed by atoms with van der Waals surface area (Å²) in [6, 6.07) is 5.74. The molecule has 0 radical (unpaired) electrons. The number of aromatic nitrogens is 3. The highest BCUT2D eigenvalue weighted by Gasteiger charge is 2.25. The van der Waals surface area contributed by atoms with Gasteiger partial charge in [0.05, 0.1) is 6.61 Å². The second-order valence-electron chi connectivity index (χ2n) is 9.86. The lowest BCUT2D eigenvalue weighted by atomic mass is 9.96. The number of nitrogens with one attached hydrogen (secondary N) is 3. The second kappa shape index (κ2) is 10.3. The summed E-state index contributed by atoms with van der Waals surface area (Å²) in [5, 5.41) is 10.1. The quantitative estimate of drug-likeness (QED) is 0.449. The fraction of sp³-hybridized carbons (Fsp3) is 0.565. The lowest BCUT2D eigenvalue weighted by molar-refractivity contribution is 0.100. The minimum atomic E-state index is -0.485. The largest absolute Gasteiger partial charge is 0.383 e. The molecule has 1 amide bonds. The molecule has 33 heavy (non-hydrogen) atoms. The molecule has 10 nitrogen and oxygen atoms in total. The van der Waals surface area contributed by atoms with Gasteiger partial charge in [0, 0.05) is 50.6 Å². The summed E-state index contributed by atoms with van der Waals surface area (Å²) in [5.74, 6) is 0.971. The van der Waals surface area contributed by atoms with Crippen molar-refractivity contribution in [3.8, 4) is 0 Å². The summed E-state index contributed by atoms with van der Waals surface area (Å²) < 4.78 is 5.26. The molecule has 1 aliphatic heterocycles. The SMILES string of the molecule is COC[C@@H]1C[C@@H](Nc2nc(Nc3cc(C(N)=O)ccc3C)nc(N(C)CC(C)(C)C)n2)CN1. The molecular weight excluding hydrogens is 420 g/mol. The lowest BCUT2D eigenvalue weighted by Crippen LogP contribution is -2.31. The van der Waals surface area contributed by atoms with E-state index in [4.69, 9.17) is 10.5 Å². The Labute approximate surface area is 195 Å². The number of carbonyl (C=O) groups is 1. The van der Waals surface area contributed by atoms with Crippen molar-refractivity contribution in [3.05, 3.63) is 29.3 Å². The smallest absolute Gasteiger partial charge is 0.248 e.